The first-order chi connectivity index (χ1) is 7.66. The highest BCUT2D eigenvalue weighted by atomic mass is 16.3. The second-order valence-corrected chi connectivity index (χ2v) is 5.22. The minimum Gasteiger partial charge on any atom is -0.391 e. The molecule has 4 nitrogen and oxygen atoms in total. The molecule has 92 valence electrons. The number of nitrogens with one attached hydrogen (secondary N) is 1. The Morgan fingerprint density at radius 1 is 1.44 bits per heavy atom. The third-order valence-corrected chi connectivity index (χ3v) is 3.67. The fourth-order valence-corrected chi connectivity index (χ4v) is 2.67. The summed E-state index contributed by atoms with van der Waals surface area (Å²) in [7, 11) is 0. The van der Waals surface area contributed by atoms with Gasteiger partial charge < -0.3 is 15.3 Å². The zero-order valence-corrected chi connectivity index (χ0v) is 9.98. The molecule has 0 spiro atoms. The van der Waals surface area contributed by atoms with E-state index in [1.807, 2.05) is 4.90 Å². The van der Waals surface area contributed by atoms with E-state index in [-0.39, 0.29) is 18.1 Å². The van der Waals surface area contributed by atoms with Crippen molar-refractivity contribution in [2.24, 2.45) is 5.92 Å². The summed E-state index contributed by atoms with van der Waals surface area (Å²) in [5, 5.41) is 12.9. The molecular weight excluding hydrogens is 204 g/mol. The molecule has 2 heterocycles. The van der Waals surface area contributed by atoms with Gasteiger partial charge >= 0.3 is 0 Å². The number of β-amino-alcohol motifs (C(OH)–C–C–N with tert-alkyl or cyclic N) is 1. The molecule has 0 radical (unpaired) electrons. The highest BCUT2D eigenvalue weighted by Gasteiger charge is 2.30. The highest BCUT2D eigenvalue weighted by molar-refractivity contribution is 5.82. The van der Waals surface area contributed by atoms with Crippen molar-refractivity contribution in [1.82, 2.24) is 10.2 Å². The van der Waals surface area contributed by atoms with E-state index in [0.29, 0.717) is 12.5 Å². The molecule has 2 saturated heterocycles. The molecule has 1 amide bonds. The largest absolute Gasteiger partial charge is 0.391 e. The molecular formula is C12H22N2O2. The van der Waals surface area contributed by atoms with E-state index in [4.69, 9.17) is 0 Å². The smallest absolute Gasteiger partial charge is 0.239 e. The van der Waals surface area contributed by atoms with Crippen LogP contribution >= 0.6 is 0 Å². The number of hydrogen-bond acceptors (Lipinski definition) is 3. The predicted molar refractivity (Wildman–Crippen MR) is 62.0 cm³/mol. The molecule has 0 saturated carbocycles. The summed E-state index contributed by atoms with van der Waals surface area (Å²) < 4.78 is 0. The van der Waals surface area contributed by atoms with E-state index in [1.54, 1.807) is 0 Å². The monoisotopic (exact) mass is 226 g/mol. The lowest BCUT2D eigenvalue weighted by Crippen LogP contribution is -2.53. The minimum absolute atomic E-state index is 0.0194. The van der Waals surface area contributed by atoms with Gasteiger partial charge in [0, 0.05) is 13.1 Å². The van der Waals surface area contributed by atoms with Crippen LogP contribution in [0.15, 0.2) is 0 Å². The maximum Gasteiger partial charge on any atom is 0.239 e. The average molecular weight is 226 g/mol. The SMILES string of the molecule is CC1CCNC(C(=O)N2CCCC(O)C2)C1. The van der Waals surface area contributed by atoms with Gasteiger partial charge in [0.2, 0.25) is 5.91 Å². The van der Waals surface area contributed by atoms with Crippen molar-refractivity contribution in [3.8, 4) is 0 Å². The maximum absolute atomic E-state index is 12.2. The number of amides is 1. The Morgan fingerprint density at radius 3 is 2.94 bits per heavy atom. The van der Waals surface area contributed by atoms with Crippen molar-refractivity contribution < 1.29 is 9.90 Å². The standard InChI is InChI=1S/C12H22N2O2/c1-9-4-5-13-11(7-9)12(16)14-6-2-3-10(15)8-14/h9-11,13,15H,2-8H2,1H3. The number of nitrogens with zero attached hydrogens (tertiary/aromatic N) is 1. The van der Waals surface area contributed by atoms with Crippen LogP contribution in [-0.4, -0.2) is 47.7 Å². The first-order valence-electron chi connectivity index (χ1n) is 6.37. The Labute approximate surface area is 97.0 Å². The number of aliphatic hydroxyl groups is 1. The summed E-state index contributed by atoms with van der Waals surface area (Å²) in [4.78, 5) is 14.0. The lowest BCUT2D eigenvalue weighted by molar-refractivity contribution is -0.137. The topological polar surface area (TPSA) is 52.6 Å². The van der Waals surface area contributed by atoms with Crippen molar-refractivity contribution in [3.63, 3.8) is 0 Å². The quantitative estimate of drug-likeness (QED) is 0.678. The molecule has 2 N–H and O–H groups in total. The van der Waals surface area contributed by atoms with Crippen LogP contribution in [0.3, 0.4) is 0 Å². The second kappa shape index (κ2) is 5.15. The average Bonchev–Trinajstić information content (AvgIpc) is 2.28. The van der Waals surface area contributed by atoms with Gasteiger partial charge in [-0.3, -0.25) is 4.79 Å². The van der Waals surface area contributed by atoms with Gasteiger partial charge in [-0.2, -0.15) is 0 Å². The summed E-state index contributed by atoms with van der Waals surface area (Å²) in [6, 6.07) is -0.0194. The Bertz CT molecular complexity index is 233. The molecule has 2 aliphatic heterocycles. The number of carbonyl (C=O) groups is 1. The number of aliphatic hydroxyl groups excluding tert-OH is 1. The van der Waals surface area contributed by atoms with E-state index in [9.17, 15) is 9.90 Å². The molecule has 0 aromatic heterocycles. The van der Waals surface area contributed by atoms with Crippen LogP contribution in [0.4, 0.5) is 0 Å². The van der Waals surface area contributed by atoms with Gasteiger partial charge in [-0.05, 0) is 38.1 Å². The van der Waals surface area contributed by atoms with Crippen molar-refractivity contribution in [1.29, 1.82) is 0 Å². The molecule has 3 atom stereocenters. The van der Waals surface area contributed by atoms with E-state index in [1.165, 1.54) is 0 Å². The van der Waals surface area contributed by atoms with Gasteiger partial charge in [0.1, 0.15) is 0 Å². The van der Waals surface area contributed by atoms with Gasteiger partial charge in [0.05, 0.1) is 12.1 Å². The second-order valence-electron chi connectivity index (χ2n) is 5.22. The van der Waals surface area contributed by atoms with E-state index in [2.05, 4.69) is 12.2 Å². The highest BCUT2D eigenvalue weighted by Crippen LogP contribution is 2.18. The third-order valence-electron chi connectivity index (χ3n) is 3.67. The van der Waals surface area contributed by atoms with Crippen LogP contribution in [0, 0.1) is 5.92 Å². The number of carbonyl (C=O) groups excluding carboxylic acids is 1. The number of piperidine rings is 2. The van der Waals surface area contributed by atoms with Crippen molar-refractivity contribution in [3.05, 3.63) is 0 Å². The fraction of sp³-hybridized carbons (Fsp3) is 0.917. The predicted octanol–water partition coefficient (Wildman–Crippen LogP) is 0.358. The van der Waals surface area contributed by atoms with Crippen LogP contribution < -0.4 is 5.32 Å². The van der Waals surface area contributed by atoms with E-state index < -0.39 is 0 Å². The third kappa shape index (κ3) is 2.74. The van der Waals surface area contributed by atoms with Crippen LogP contribution in [0.1, 0.15) is 32.6 Å². The lowest BCUT2D eigenvalue weighted by atomic mass is 9.93. The van der Waals surface area contributed by atoms with Gasteiger partial charge in [-0.1, -0.05) is 6.92 Å². The summed E-state index contributed by atoms with van der Waals surface area (Å²) in [6.45, 7) is 4.47. The number of likely N-dealkylation sites (tertiary alicyclic amines) is 1. The first-order valence-corrected chi connectivity index (χ1v) is 6.37. The molecule has 4 heteroatoms. The number of hydrogen-bond donors (Lipinski definition) is 2. The molecule has 2 rings (SSSR count). The Hall–Kier alpha value is -0.610. The van der Waals surface area contributed by atoms with Crippen molar-refractivity contribution in [2.45, 2.75) is 44.8 Å². The van der Waals surface area contributed by atoms with Crippen LogP contribution in [0.2, 0.25) is 0 Å². The van der Waals surface area contributed by atoms with Gasteiger partial charge in [0.25, 0.3) is 0 Å². The zero-order valence-electron chi connectivity index (χ0n) is 9.98. The van der Waals surface area contributed by atoms with Gasteiger partial charge in [-0.25, -0.2) is 0 Å². The molecule has 0 aromatic rings. The van der Waals surface area contributed by atoms with Crippen LogP contribution in [-0.2, 0) is 4.79 Å². The van der Waals surface area contributed by atoms with Gasteiger partial charge in [0.15, 0.2) is 0 Å². The fourth-order valence-electron chi connectivity index (χ4n) is 2.67. The molecule has 0 bridgehead atoms. The van der Waals surface area contributed by atoms with Gasteiger partial charge in [-0.15, -0.1) is 0 Å². The van der Waals surface area contributed by atoms with E-state index >= 15 is 0 Å². The lowest BCUT2D eigenvalue weighted by Gasteiger charge is -2.35. The van der Waals surface area contributed by atoms with Crippen molar-refractivity contribution >= 4 is 5.91 Å². The first kappa shape index (κ1) is 11.9. The molecule has 0 aromatic carbocycles. The molecule has 2 aliphatic rings. The zero-order chi connectivity index (χ0) is 11.5. The molecule has 2 fully saturated rings. The summed E-state index contributed by atoms with van der Waals surface area (Å²) in [5.41, 5.74) is 0. The van der Waals surface area contributed by atoms with Crippen LogP contribution in [0.5, 0.6) is 0 Å². The summed E-state index contributed by atoms with van der Waals surface area (Å²) in [6.07, 6.45) is 3.53. The summed E-state index contributed by atoms with van der Waals surface area (Å²) >= 11 is 0. The molecule has 16 heavy (non-hydrogen) atoms. The van der Waals surface area contributed by atoms with E-state index in [0.717, 1.165) is 38.8 Å². The Balaban J connectivity index is 1.90. The Morgan fingerprint density at radius 2 is 2.25 bits per heavy atom. The van der Waals surface area contributed by atoms with Crippen molar-refractivity contribution in [2.75, 3.05) is 19.6 Å². The van der Waals surface area contributed by atoms with Crippen LogP contribution in [0.25, 0.3) is 0 Å². The Kier molecular flexibility index (Phi) is 3.82. The molecule has 0 aliphatic carbocycles. The minimum atomic E-state index is -0.321. The number of rotatable bonds is 1. The summed E-state index contributed by atoms with van der Waals surface area (Å²) in [5.74, 6) is 0.815. The normalized spacial score (nSPS) is 36.1. The molecule has 3 unspecified atom stereocenters. The maximum atomic E-state index is 12.2.